The van der Waals surface area contributed by atoms with Gasteiger partial charge < -0.3 is 10.1 Å². The molecule has 2 aromatic carbocycles. The Kier molecular flexibility index (Phi) is 4.01. The second-order valence-corrected chi connectivity index (χ2v) is 6.46. The van der Waals surface area contributed by atoms with Crippen molar-refractivity contribution >= 4 is 11.9 Å². The maximum atomic E-state index is 13.4. The van der Waals surface area contributed by atoms with Crippen molar-refractivity contribution in [2.45, 2.75) is 24.5 Å². The van der Waals surface area contributed by atoms with Gasteiger partial charge in [0.25, 0.3) is 5.91 Å². The Morgan fingerprint density at radius 3 is 2.12 bits per heavy atom. The van der Waals surface area contributed by atoms with Gasteiger partial charge in [-0.1, -0.05) is 60.7 Å². The van der Waals surface area contributed by atoms with Crippen LogP contribution < -0.4 is 5.32 Å². The zero-order valence-electron chi connectivity index (χ0n) is 13.9. The molecule has 5 heteroatoms. The molecule has 5 nitrogen and oxygen atoms in total. The van der Waals surface area contributed by atoms with Crippen LogP contribution in [0.15, 0.2) is 60.7 Å². The molecule has 2 aliphatic rings. The summed E-state index contributed by atoms with van der Waals surface area (Å²) in [6, 6.07) is 18.4. The number of urea groups is 1. The summed E-state index contributed by atoms with van der Waals surface area (Å²) in [5, 5.41) is 2.96. The van der Waals surface area contributed by atoms with E-state index in [0.29, 0.717) is 13.2 Å². The van der Waals surface area contributed by atoms with Crippen LogP contribution in [-0.4, -0.2) is 36.1 Å². The Hall–Kier alpha value is -2.66. The van der Waals surface area contributed by atoms with E-state index >= 15 is 0 Å². The number of hydrogen-bond donors (Lipinski definition) is 1. The molecule has 0 bridgehead atoms. The van der Waals surface area contributed by atoms with Crippen LogP contribution in [-0.2, 0) is 15.1 Å². The van der Waals surface area contributed by atoms with Gasteiger partial charge in [0.15, 0.2) is 5.54 Å². The first-order chi connectivity index (χ1) is 12.2. The van der Waals surface area contributed by atoms with Gasteiger partial charge in [0, 0.05) is 6.61 Å². The summed E-state index contributed by atoms with van der Waals surface area (Å²) >= 11 is 0. The molecule has 2 aliphatic heterocycles. The number of ether oxygens (including phenoxy) is 1. The van der Waals surface area contributed by atoms with Crippen LogP contribution in [0, 0.1) is 0 Å². The average molecular weight is 336 g/mol. The largest absolute Gasteiger partial charge is 0.376 e. The SMILES string of the molecule is O=C1NC(c2ccccc2)(c2ccccc2)C(=O)N1C[C@H]1CCCO1. The fourth-order valence-electron chi connectivity index (χ4n) is 3.67. The minimum Gasteiger partial charge on any atom is -0.376 e. The van der Waals surface area contributed by atoms with Gasteiger partial charge in [-0.2, -0.15) is 0 Å². The van der Waals surface area contributed by atoms with Gasteiger partial charge in [0.1, 0.15) is 0 Å². The predicted molar refractivity (Wildman–Crippen MR) is 92.9 cm³/mol. The zero-order valence-corrected chi connectivity index (χ0v) is 13.9. The molecule has 0 spiro atoms. The van der Waals surface area contributed by atoms with E-state index in [4.69, 9.17) is 4.74 Å². The molecule has 0 aliphatic carbocycles. The second kappa shape index (κ2) is 6.33. The van der Waals surface area contributed by atoms with Crippen molar-refractivity contribution in [1.82, 2.24) is 10.2 Å². The van der Waals surface area contributed by atoms with Crippen LogP contribution in [0.5, 0.6) is 0 Å². The Bertz CT molecular complexity index is 731. The maximum Gasteiger partial charge on any atom is 0.325 e. The minimum atomic E-state index is -1.18. The quantitative estimate of drug-likeness (QED) is 0.873. The molecule has 2 saturated heterocycles. The van der Waals surface area contributed by atoms with Gasteiger partial charge in [-0.05, 0) is 24.0 Å². The summed E-state index contributed by atoms with van der Waals surface area (Å²) in [7, 11) is 0. The third-order valence-corrected chi connectivity index (χ3v) is 4.93. The summed E-state index contributed by atoms with van der Waals surface area (Å²) in [6.07, 6.45) is 1.77. The molecule has 0 aromatic heterocycles. The van der Waals surface area contributed by atoms with Crippen molar-refractivity contribution in [2.75, 3.05) is 13.2 Å². The lowest BCUT2D eigenvalue weighted by Gasteiger charge is -2.28. The normalized spacial score (nSPS) is 22.2. The Morgan fingerprint density at radius 2 is 1.60 bits per heavy atom. The van der Waals surface area contributed by atoms with E-state index in [-0.39, 0.29) is 18.0 Å². The lowest BCUT2D eigenvalue weighted by atomic mass is 9.82. The molecule has 1 N–H and O–H groups in total. The zero-order chi connectivity index (χ0) is 17.3. The Balaban J connectivity index is 1.77. The summed E-state index contributed by atoms with van der Waals surface area (Å²) in [5.41, 5.74) is 0.335. The van der Waals surface area contributed by atoms with Crippen LogP contribution in [0.3, 0.4) is 0 Å². The molecular weight excluding hydrogens is 316 g/mol. The molecule has 0 radical (unpaired) electrons. The van der Waals surface area contributed by atoms with Gasteiger partial charge in [0.2, 0.25) is 0 Å². The van der Waals surface area contributed by atoms with Gasteiger partial charge in [-0.15, -0.1) is 0 Å². The lowest BCUT2D eigenvalue weighted by molar-refractivity contribution is -0.131. The van der Waals surface area contributed by atoms with E-state index in [1.807, 2.05) is 60.7 Å². The van der Waals surface area contributed by atoms with Crippen LogP contribution in [0.4, 0.5) is 4.79 Å². The van der Waals surface area contributed by atoms with Crippen molar-refractivity contribution in [3.8, 4) is 0 Å². The predicted octanol–water partition coefficient (Wildman–Crippen LogP) is 2.66. The number of nitrogens with zero attached hydrogens (tertiary/aromatic N) is 1. The number of imide groups is 1. The van der Waals surface area contributed by atoms with Crippen molar-refractivity contribution in [3.63, 3.8) is 0 Å². The van der Waals surface area contributed by atoms with E-state index < -0.39 is 5.54 Å². The van der Waals surface area contributed by atoms with E-state index in [1.165, 1.54) is 4.90 Å². The van der Waals surface area contributed by atoms with E-state index in [0.717, 1.165) is 24.0 Å². The van der Waals surface area contributed by atoms with Gasteiger partial charge >= 0.3 is 6.03 Å². The Labute approximate surface area is 146 Å². The van der Waals surface area contributed by atoms with Crippen molar-refractivity contribution in [1.29, 1.82) is 0 Å². The molecule has 25 heavy (non-hydrogen) atoms. The number of rotatable bonds is 4. The summed E-state index contributed by atoms with van der Waals surface area (Å²) in [6.45, 7) is 0.989. The first-order valence-corrected chi connectivity index (χ1v) is 8.58. The first kappa shape index (κ1) is 15.8. The van der Waals surface area contributed by atoms with E-state index in [1.54, 1.807) is 0 Å². The van der Waals surface area contributed by atoms with Crippen LogP contribution >= 0.6 is 0 Å². The molecular formula is C20H20N2O3. The average Bonchev–Trinajstić information content (AvgIpc) is 3.26. The van der Waals surface area contributed by atoms with Gasteiger partial charge in [-0.3, -0.25) is 9.69 Å². The molecule has 128 valence electrons. The van der Waals surface area contributed by atoms with Crippen molar-refractivity contribution < 1.29 is 14.3 Å². The number of benzene rings is 2. The molecule has 2 heterocycles. The molecule has 3 amide bonds. The van der Waals surface area contributed by atoms with Crippen molar-refractivity contribution in [3.05, 3.63) is 71.8 Å². The summed E-state index contributed by atoms with van der Waals surface area (Å²) in [5.74, 6) is -0.245. The third kappa shape index (κ3) is 2.61. The van der Waals surface area contributed by atoms with Crippen LogP contribution in [0.25, 0.3) is 0 Å². The number of carbonyl (C=O) groups is 2. The number of nitrogens with one attached hydrogen (secondary N) is 1. The monoisotopic (exact) mass is 336 g/mol. The third-order valence-electron chi connectivity index (χ3n) is 4.93. The van der Waals surface area contributed by atoms with Gasteiger partial charge in [0.05, 0.1) is 12.6 Å². The van der Waals surface area contributed by atoms with E-state index in [9.17, 15) is 9.59 Å². The molecule has 2 fully saturated rings. The van der Waals surface area contributed by atoms with E-state index in [2.05, 4.69) is 5.32 Å². The topological polar surface area (TPSA) is 58.6 Å². The lowest BCUT2D eigenvalue weighted by Crippen LogP contribution is -2.45. The highest BCUT2D eigenvalue weighted by molar-refractivity contribution is 6.09. The molecule has 0 unspecified atom stereocenters. The van der Waals surface area contributed by atoms with Gasteiger partial charge in [-0.25, -0.2) is 4.79 Å². The highest BCUT2D eigenvalue weighted by atomic mass is 16.5. The van der Waals surface area contributed by atoms with Crippen LogP contribution in [0.1, 0.15) is 24.0 Å². The maximum absolute atomic E-state index is 13.4. The summed E-state index contributed by atoms with van der Waals surface area (Å²) in [4.78, 5) is 27.4. The Morgan fingerprint density at radius 1 is 1.00 bits per heavy atom. The first-order valence-electron chi connectivity index (χ1n) is 8.58. The van der Waals surface area contributed by atoms with Crippen molar-refractivity contribution in [2.24, 2.45) is 0 Å². The summed E-state index contributed by atoms with van der Waals surface area (Å²) < 4.78 is 5.62. The number of carbonyl (C=O) groups excluding carboxylic acids is 2. The second-order valence-electron chi connectivity index (χ2n) is 6.46. The standard InChI is InChI=1S/C20H20N2O3/c23-18-20(15-8-3-1-4-9-15,16-10-5-2-6-11-16)21-19(24)22(18)14-17-12-7-13-25-17/h1-6,8-11,17H,7,12-14H2,(H,21,24)/t17-/m1/s1. The highest BCUT2D eigenvalue weighted by Gasteiger charge is 2.54. The molecule has 2 aromatic rings. The fourth-order valence-corrected chi connectivity index (χ4v) is 3.67. The minimum absolute atomic E-state index is 0.0722. The molecule has 4 rings (SSSR count). The smallest absolute Gasteiger partial charge is 0.325 e. The highest BCUT2D eigenvalue weighted by Crippen LogP contribution is 2.36. The molecule has 1 atom stereocenters. The number of hydrogen-bond acceptors (Lipinski definition) is 3. The number of amides is 3. The fraction of sp³-hybridized carbons (Fsp3) is 0.300. The van der Waals surface area contributed by atoms with Crippen LogP contribution in [0.2, 0.25) is 0 Å². The molecule has 0 saturated carbocycles.